The van der Waals surface area contributed by atoms with Gasteiger partial charge in [0.15, 0.2) is 0 Å². The van der Waals surface area contributed by atoms with E-state index in [9.17, 15) is 5.11 Å². The van der Waals surface area contributed by atoms with E-state index in [0.29, 0.717) is 11.8 Å². The Morgan fingerprint density at radius 3 is 2.93 bits per heavy atom. The average Bonchev–Trinajstić information content (AvgIpc) is 2.94. The minimum absolute atomic E-state index is 0.231. The van der Waals surface area contributed by atoms with Crippen LogP contribution >= 0.6 is 11.8 Å². The molecule has 3 N–H and O–H groups in total. The van der Waals surface area contributed by atoms with Crippen LogP contribution in [0.25, 0.3) is 10.9 Å². The third-order valence-corrected chi connectivity index (χ3v) is 5.89. The van der Waals surface area contributed by atoms with Crippen LogP contribution in [0, 0.1) is 6.92 Å². The molecule has 0 spiro atoms. The Morgan fingerprint density at radius 2 is 2.07 bits per heavy atom. The molecule has 1 aliphatic rings. The molecule has 0 bridgehead atoms. The fourth-order valence-electron chi connectivity index (χ4n) is 3.28. The number of nitrogens with one attached hydrogen (secondary N) is 1. The Labute approximate surface area is 168 Å². The summed E-state index contributed by atoms with van der Waals surface area (Å²) >= 11 is 1.86. The van der Waals surface area contributed by atoms with Crippen molar-refractivity contribution in [2.45, 2.75) is 24.5 Å². The van der Waals surface area contributed by atoms with Gasteiger partial charge in [-0.05, 0) is 30.7 Å². The first-order chi connectivity index (χ1) is 13.6. The van der Waals surface area contributed by atoms with Crippen LogP contribution in [0.2, 0.25) is 0 Å². The first-order valence-electron chi connectivity index (χ1n) is 9.41. The van der Waals surface area contributed by atoms with Crippen molar-refractivity contribution in [3.05, 3.63) is 53.6 Å². The largest absolute Gasteiger partial charge is 0.394 e. The lowest BCUT2D eigenvalue weighted by atomic mass is 10.1. The Kier molecular flexibility index (Phi) is 5.66. The van der Waals surface area contributed by atoms with Gasteiger partial charge in [-0.1, -0.05) is 29.8 Å². The van der Waals surface area contributed by atoms with Crippen LogP contribution in [-0.4, -0.2) is 51.7 Å². The van der Waals surface area contributed by atoms with E-state index in [4.69, 9.17) is 15.1 Å². The monoisotopic (exact) mass is 396 g/mol. The van der Waals surface area contributed by atoms with E-state index < -0.39 is 6.10 Å². The second-order valence-electron chi connectivity index (χ2n) is 6.99. The Balaban J connectivity index is 1.71. The van der Waals surface area contributed by atoms with Gasteiger partial charge in [-0.3, -0.25) is 0 Å². The summed E-state index contributed by atoms with van der Waals surface area (Å²) < 4.78 is 0. The fourth-order valence-corrected chi connectivity index (χ4v) is 4.31. The molecular weight excluding hydrogens is 372 g/mol. The molecule has 3 aromatic rings. The fraction of sp³-hybridized carbons (Fsp3) is 0.333. The maximum absolute atomic E-state index is 9.74. The van der Waals surface area contributed by atoms with Crippen LogP contribution in [0.15, 0.2) is 47.4 Å². The third kappa shape index (κ3) is 4.06. The summed E-state index contributed by atoms with van der Waals surface area (Å²) in [5.41, 5.74) is 3.26. The van der Waals surface area contributed by atoms with E-state index in [1.54, 1.807) is 0 Å². The zero-order chi connectivity index (χ0) is 19.5. The van der Waals surface area contributed by atoms with E-state index in [1.807, 2.05) is 36.9 Å². The number of aromatic nitrogens is 2. The molecule has 0 saturated carbocycles. The molecule has 28 heavy (non-hydrogen) atoms. The number of aliphatic hydroxyl groups is 2. The summed E-state index contributed by atoms with van der Waals surface area (Å²) in [5, 5.41) is 23.0. The van der Waals surface area contributed by atoms with Crippen molar-refractivity contribution in [1.82, 2.24) is 9.97 Å². The number of thioether (sulfide) groups is 1. The van der Waals surface area contributed by atoms with Crippen LogP contribution in [-0.2, 0) is 6.54 Å². The lowest BCUT2D eigenvalue weighted by molar-refractivity contribution is 0.105. The normalized spacial score (nSPS) is 15.2. The van der Waals surface area contributed by atoms with E-state index in [-0.39, 0.29) is 13.2 Å². The molecule has 4 rings (SSSR count). The maximum Gasteiger partial charge on any atom is 0.228 e. The predicted molar refractivity (Wildman–Crippen MR) is 114 cm³/mol. The lowest BCUT2D eigenvalue weighted by Gasteiger charge is -2.22. The number of hydrogen-bond acceptors (Lipinski definition) is 7. The molecule has 0 aliphatic carbocycles. The van der Waals surface area contributed by atoms with E-state index in [0.717, 1.165) is 35.3 Å². The van der Waals surface area contributed by atoms with Gasteiger partial charge in [0.1, 0.15) is 5.82 Å². The first kappa shape index (κ1) is 19.0. The standard InChI is InChI=1S/C21H24N4O2S/c1-14-6-7-18-17(10-14)20(22-11-16(27)13-26)24-21(23-18)25-8-9-28-19-5-3-2-4-15(19)12-25/h2-7,10,16,26-27H,8-9,11-13H2,1H3,(H,22,23,24). The molecule has 0 radical (unpaired) electrons. The van der Waals surface area contributed by atoms with E-state index in [1.165, 1.54) is 10.5 Å². The van der Waals surface area contributed by atoms with Gasteiger partial charge in [-0.2, -0.15) is 4.98 Å². The van der Waals surface area contributed by atoms with E-state index >= 15 is 0 Å². The van der Waals surface area contributed by atoms with Crippen molar-refractivity contribution in [3.8, 4) is 0 Å². The minimum atomic E-state index is -0.834. The number of anilines is 2. The van der Waals surface area contributed by atoms with Crippen molar-refractivity contribution in [1.29, 1.82) is 0 Å². The van der Waals surface area contributed by atoms with Gasteiger partial charge < -0.3 is 20.4 Å². The molecular formula is C21H24N4O2S. The summed E-state index contributed by atoms with van der Waals surface area (Å²) in [4.78, 5) is 13.1. The quantitative estimate of drug-likeness (QED) is 0.612. The summed E-state index contributed by atoms with van der Waals surface area (Å²) in [5.74, 6) is 2.33. The lowest BCUT2D eigenvalue weighted by Crippen LogP contribution is -2.27. The number of aryl methyl sites for hydroxylation is 1. The van der Waals surface area contributed by atoms with Gasteiger partial charge in [0.05, 0.1) is 18.2 Å². The second kappa shape index (κ2) is 8.34. The number of rotatable bonds is 5. The molecule has 1 aliphatic heterocycles. The van der Waals surface area contributed by atoms with E-state index in [2.05, 4.69) is 34.5 Å². The highest BCUT2D eigenvalue weighted by Crippen LogP contribution is 2.30. The molecule has 6 nitrogen and oxygen atoms in total. The predicted octanol–water partition coefficient (Wildman–Crippen LogP) is 2.82. The van der Waals surface area contributed by atoms with Crippen LogP contribution in [0.5, 0.6) is 0 Å². The summed E-state index contributed by atoms with van der Waals surface area (Å²) in [6.45, 7) is 3.59. The third-order valence-electron chi connectivity index (χ3n) is 4.79. The summed E-state index contributed by atoms with van der Waals surface area (Å²) in [6, 6.07) is 14.5. The van der Waals surface area contributed by atoms with Gasteiger partial charge >= 0.3 is 0 Å². The molecule has 2 aromatic carbocycles. The highest BCUT2D eigenvalue weighted by Gasteiger charge is 2.19. The number of benzene rings is 2. The molecule has 0 fully saturated rings. The minimum Gasteiger partial charge on any atom is -0.394 e. The second-order valence-corrected chi connectivity index (χ2v) is 8.12. The molecule has 2 heterocycles. The highest BCUT2D eigenvalue weighted by molar-refractivity contribution is 7.99. The number of fused-ring (bicyclic) bond motifs is 2. The average molecular weight is 397 g/mol. The highest BCUT2D eigenvalue weighted by atomic mass is 32.2. The van der Waals surface area contributed by atoms with Crippen LogP contribution in [0.1, 0.15) is 11.1 Å². The SMILES string of the molecule is Cc1ccc2nc(N3CCSc4ccccc4C3)nc(NCC(O)CO)c2c1. The zero-order valence-corrected chi connectivity index (χ0v) is 16.6. The van der Waals surface area contributed by atoms with Crippen molar-refractivity contribution in [2.75, 3.05) is 35.7 Å². The molecule has 1 unspecified atom stereocenters. The Hall–Kier alpha value is -2.35. The number of aliphatic hydroxyl groups excluding tert-OH is 2. The molecule has 7 heteroatoms. The molecule has 0 saturated heterocycles. The Morgan fingerprint density at radius 1 is 1.21 bits per heavy atom. The van der Waals surface area contributed by atoms with Gasteiger partial charge in [0, 0.05) is 35.7 Å². The van der Waals surface area contributed by atoms with Crippen molar-refractivity contribution < 1.29 is 10.2 Å². The number of hydrogen-bond donors (Lipinski definition) is 3. The first-order valence-corrected chi connectivity index (χ1v) is 10.4. The van der Waals surface area contributed by atoms with Gasteiger partial charge in [0.25, 0.3) is 0 Å². The van der Waals surface area contributed by atoms with Crippen LogP contribution < -0.4 is 10.2 Å². The smallest absolute Gasteiger partial charge is 0.228 e. The van der Waals surface area contributed by atoms with Crippen LogP contribution in [0.3, 0.4) is 0 Å². The summed E-state index contributed by atoms with van der Waals surface area (Å²) in [7, 11) is 0. The molecule has 0 amide bonds. The number of nitrogens with zero attached hydrogens (tertiary/aromatic N) is 3. The van der Waals surface area contributed by atoms with Gasteiger partial charge in [-0.25, -0.2) is 4.98 Å². The van der Waals surface area contributed by atoms with Crippen LogP contribution in [0.4, 0.5) is 11.8 Å². The van der Waals surface area contributed by atoms with Crippen molar-refractivity contribution in [3.63, 3.8) is 0 Å². The molecule has 1 aromatic heterocycles. The van der Waals surface area contributed by atoms with Crippen molar-refractivity contribution >= 4 is 34.4 Å². The Bertz CT molecular complexity index is 982. The molecule has 1 atom stereocenters. The summed E-state index contributed by atoms with van der Waals surface area (Å²) in [6.07, 6.45) is -0.834. The maximum atomic E-state index is 9.74. The van der Waals surface area contributed by atoms with Gasteiger partial charge in [0.2, 0.25) is 5.95 Å². The topological polar surface area (TPSA) is 81.5 Å². The zero-order valence-electron chi connectivity index (χ0n) is 15.8. The van der Waals surface area contributed by atoms with Crippen molar-refractivity contribution in [2.24, 2.45) is 0 Å². The van der Waals surface area contributed by atoms with Gasteiger partial charge in [-0.15, -0.1) is 11.8 Å². The molecule has 146 valence electrons.